The summed E-state index contributed by atoms with van der Waals surface area (Å²) >= 11 is 0. The summed E-state index contributed by atoms with van der Waals surface area (Å²) in [5.41, 5.74) is -2.31. The van der Waals surface area contributed by atoms with Gasteiger partial charge in [0, 0.05) is 37.6 Å². The number of alkyl halides is 3. The zero-order valence-corrected chi connectivity index (χ0v) is 12.3. The molecule has 1 saturated heterocycles. The fourth-order valence-electron chi connectivity index (χ4n) is 2.90. The molecular weight excluding hydrogens is 281 g/mol. The molecule has 0 atom stereocenters. The molecule has 2 heterocycles. The van der Waals surface area contributed by atoms with Gasteiger partial charge in [0.05, 0.1) is 11.2 Å². The molecule has 0 amide bonds. The number of aliphatic hydroxyl groups is 1. The van der Waals surface area contributed by atoms with Crippen molar-refractivity contribution in [3.8, 4) is 0 Å². The van der Waals surface area contributed by atoms with Gasteiger partial charge in [-0.05, 0) is 24.8 Å². The Hall–Kier alpha value is -1.14. The number of nitrogens with zero attached hydrogens (tertiary/aromatic N) is 2. The first-order chi connectivity index (χ1) is 9.72. The number of halogens is 3. The minimum atomic E-state index is -4.47. The van der Waals surface area contributed by atoms with Crippen molar-refractivity contribution >= 4 is 0 Å². The third-order valence-electron chi connectivity index (χ3n) is 3.93. The molecule has 1 fully saturated rings. The van der Waals surface area contributed by atoms with E-state index in [-0.39, 0.29) is 5.56 Å². The fourth-order valence-corrected chi connectivity index (χ4v) is 2.90. The summed E-state index contributed by atoms with van der Waals surface area (Å²) in [6.07, 6.45) is -1.60. The van der Waals surface area contributed by atoms with Crippen LogP contribution in [0.3, 0.4) is 0 Å². The van der Waals surface area contributed by atoms with Gasteiger partial charge in [-0.2, -0.15) is 13.2 Å². The van der Waals surface area contributed by atoms with Crippen LogP contribution >= 0.6 is 0 Å². The average Bonchev–Trinajstić information content (AvgIpc) is 2.40. The van der Waals surface area contributed by atoms with E-state index in [0.29, 0.717) is 31.8 Å². The molecule has 1 aliphatic heterocycles. The number of hydrogen-bond donors (Lipinski definition) is 1. The zero-order valence-electron chi connectivity index (χ0n) is 12.3. The minimum absolute atomic E-state index is 0.0957. The van der Waals surface area contributed by atoms with E-state index in [1.54, 1.807) is 0 Å². The Morgan fingerprint density at radius 2 is 1.95 bits per heavy atom. The number of hydrogen-bond acceptors (Lipinski definition) is 3. The highest BCUT2D eigenvalue weighted by Gasteiger charge is 2.42. The monoisotopic (exact) mass is 302 g/mol. The second-order valence-corrected chi connectivity index (χ2v) is 6.15. The molecule has 0 spiro atoms. The molecule has 1 aromatic heterocycles. The summed E-state index contributed by atoms with van der Waals surface area (Å²) < 4.78 is 39.2. The van der Waals surface area contributed by atoms with Gasteiger partial charge >= 0.3 is 6.18 Å². The normalized spacial score (nSPS) is 20.0. The number of rotatable bonds is 3. The molecule has 3 nitrogen and oxygen atoms in total. The van der Waals surface area contributed by atoms with E-state index in [1.165, 1.54) is 0 Å². The van der Waals surface area contributed by atoms with E-state index in [9.17, 15) is 18.3 Å². The topological polar surface area (TPSA) is 36.4 Å². The molecule has 0 aromatic carbocycles. The molecule has 1 aliphatic rings. The Labute approximate surface area is 122 Å². The van der Waals surface area contributed by atoms with Crippen LogP contribution < -0.4 is 0 Å². The Morgan fingerprint density at radius 3 is 2.48 bits per heavy atom. The molecule has 0 saturated carbocycles. The zero-order chi connectivity index (χ0) is 15.7. The molecule has 0 unspecified atom stereocenters. The Bertz CT molecular complexity index is 480. The van der Waals surface area contributed by atoms with Gasteiger partial charge in [-0.3, -0.25) is 4.98 Å². The maximum Gasteiger partial charge on any atom is 0.416 e. The summed E-state index contributed by atoms with van der Waals surface area (Å²) in [5, 5.41) is 10.7. The van der Waals surface area contributed by atoms with E-state index in [2.05, 4.69) is 23.7 Å². The van der Waals surface area contributed by atoms with Crippen molar-refractivity contribution in [2.45, 2.75) is 38.5 Å². The molecule has 21 heavy (non-hydrogen) atoms. The highest BCUT2D eigenvalue weighted by molar-refractivity contribution is 5.32. The van der Waals surface area contributed by atoms with Crippen molar-refractivity contribution in [2.24, 2.45) is 5.92 Å². The van der Waals surface area contributed by atoms with Gasteiger partial charge in [0.1, 0.15) is 0 Å². The molecule has 118 valence electrons. The fraction of sp³-hybridized carbons (Fsp3) is 0.667. The Balaban J connectivity index is 2.20. The largest absolute Gasteiger partial charge is 0.416 e. The molecule has 0 aliphatic carbocycles. The summed E-state index contributed by atoms with van der Waals surface area (Å²) in [6.45, 7) is 6.30. The maximum atomic E-state index is 13.1. The van der Waals surface area contributed by atoms with Crippen molar-refractivity contribution < 1.29 is 18.3 Å². The quantitative estimate of drug-likeness (QED) is 0.932. The van der Waals surface area contributed by atoms with Crippen LogP contribution in [0.15, 0.2) is 18.5 Å². The van der Waals surface area contributed by atoms with Crippen LogP contribution in [-0.2, 0) is 11.8 Å². The molecule has 2 rings (SSSR count). The molecule has 1 aromatic rings. The van der Waals surface area contributed by atoms with Crippen LogP contribution in [0.25, 0.3) is 0 Å². The predicted octanol–water partition coefficient (Wildman–Crippen LogP) is 3.04. The minimum Gasteiger partial charge on any atom is -0.385 e. The summed E-state index contributed by atoms with van der Waals surface area (Å²) in [7, 11) is 0. The van der Waals surface area contributed by atoms with E-state index in [0.717, 1.165) is 25.0 Å². The smallest absolute Gasteiger partial charge is 0.385 e. The van der Waals surface area contributed by atoms with Gasteiger partial charge in [0.25, 0.3) is 0 Å². The van der Waals surface area contributed by atoms with Gasteiger partial charge in [0.15, 0.2) is 0 Å². The first kappa shape index (κ1) is 16.2. The third kappa shape index (κ3) is 3.74. The Morgan fingerprint density at radius 1 is 1.33 bits per heavy atom. The van der Waals surface area contributed by atoms with Gasteiger partial charge in [-0.1, -0.05) is 13.8 Å². The highest BCUT2D eigenvalue weighted by Crippen LogP contribution is 2.40. The van der Waals surface area contributed by atoms with Crippen LogP contribution in [0.2, 0.25) is 0 Å². The lowest BCUT2D eigenvalue weighted by Gasteiger charge is -2.39. The van der Waals surface area contributed by atoms with Gasteiger partial charge in [-0.25, -0.2) is 0 Å². The first-order valence-electron chi connectivity index (χ1n) is 7.19. The van der Waals surface area contributed by atoms with Gasteiger partial charge < -0.3 is 10.0 Å². The molecule has 6 heteroatoms. The van der Waals surface area contributed by atoms with Crippen LogP contribution in [0.5, 0.6) is 0 Å². The first-order valence-corrected chi connectivity index (χ1v) is 7.19. The summed E-state index contributed by atoms with van der Waals surface area (Å²) in [5.74, 6) is 0.500. The number of aromatic nitrogens is 1. The van der Waals surface area contributed by atoms with E-state index in [4.69, 9.17) is 0 Å². The van der Waals surface area contributed by atoms with Crippen molar-refractivity contribution in [3.63, 3.8) is 0 Å². The lowest BCUT2D eigenvalue weighted by molar-refractivity contribution is -0.142. The van der Waals surface area contributed by atoms with Crippen molar-refractivity contribution in [2.75, 3.05) is 19.6 Å². The molecule has 1 N–H and O–H groups in total. The molecule has 0 radical (unpaired) electrons. The van der Waals surface area contributed by atoms with Crippen molar-refractivity contribution in [3.05, 3.63) is 29.6 Å². The Kier molecular flexibility index (Phi) is 4.58. The molecular formula is C15H21F3N2O. The second-order valence-electron chi connectivity index (χ2n) is 6.15. The molecule has 0 bridgehead atoms. The summed E-state index contributed by atoms with van der Waals surface area (Å²) in [4.78, 5) is 5.96. The van der Waals surface area contributed by atoms with Crippen LogP contribution in [0, 0.1) is 5.92 Å². The number of pyridine rings is 1. The summed E-state index contributed by atoms with van der Waals surface area (Å²) in [6, 6.07) is 0.938. The van der Waals surface area contributed by atoms with E-state index >= 15 is 0 Å². The highest BCUT2D eigenvalue weighted by atomic mass is 19.4. The second kappa shape index (κ2) is 5.93. The van der Waals surface area contributed by atoms with E-state index < -0.39 is 17.3 Å². The third-order valence-corrected chi connectivity index (χ3v) is 3.93. The van der Waals surface area contributed by atoms with Crippen molar-refractivity contribution in [1.82, 2.24) is 9.88 Å². The van der Waals surface area contributed by atoms with Crippen LogP contribution in [0.4, 0.5) is 13.2 Å². The lowest BCUT2D eigenvalue weighted by Crippen LogP contribution is -2.44. The maximum absolute atomic E-state index is 13.1. The van der Waals surface area contributed by atoms with Crippen LogP contribution in [0.1, 0.15) is 37.8 Å². The lowest BCUT2D eigenvalue weighted by atomic mass is 9.82. The van der Waals surface area contributed by atoms with Crippen LogP contribution in [-0.4, -0.2) is 34.6 Å². The number of piperidine rings is 1. The van der Waals surface area contributed by atoms with Crippen molar-refractivity contribution in [1.29, 1.82) is 0 Å². The van der Waals surface area contributed by atoms with Gasteiger partial charge in [0.2, 0.25) is 0 Å². The van der Waals surface area contributed by atoms with Gasteiger partial charge in [-0.15, -0.1) is 0 Å². The average molecular weight is 302 g/mol. The van der Waals surface area contributed by atoms with E-state index in [1.807, 2.05) is 0 Å². The standard InChI is InChI=1S/C15H21F3N2O/c1-11(2)10-20-7-4-14(21,5-8-20)13-9-19-6-3-12(13)15(16,17)18/h3,6,9,11,21H,4-5,7-8,10H2,1-2H3. The SMILES string of the molecule is CC(C)CN1CCC(O)(c2cnccc2C(F)(F)F)CC1. The predicted molar refractivity (Wildman–Crippen MR) is 73.6 cm³/mol. The number of likely N-dealkylation sites (tertiary alicyclic amines) is 1.